The molecule has 3 rings (SSSR count). The van der Waals surface area contributed by atoms with Crippen LogP contribution < -0.4 is 10.6 Å². The summed E-state index contributed by atoms with van der Waals surface area (Å²) >= 11 is 0. The Morgan fingerprint density at radius 2 is 1.87 bits per heavy atom. The van der Waals surface area contributed by atoms with Crippen LogP contribution in [0.1, 0.15) is 52.5 Å². The van der Waals surface area contributed by atoms with E-state index in [1.807, 2.05) is 39.0 Å². The first-order chi connectivity index (χ1) is 14.1. The Hall–Kier alpha value is -3.09. The van der Waals surface area contributed by atoms with Crippen molar-refractivity contribution in [2.45, 2.75) is 39.9 Å². The number of rotatable bonds is 5. The number of fused-ring (bicyclic) bond motifs is 1. The molecule has 0 aliphatic rings. The van der Waals surface area contributed by atoms with Gasteiger partial charge in [-0.25, -0.2) is 0 Å². The van der Waals surface area contributed by atoms with Gasteiger partial charge in [-0.1, -0.05) is 18.2 Å². The fraction of sp³-hybridized carbons (Fsp3) is 0.304. The lowest BCUT2D eigenvalue weighted by molar-refractivity contribution is -0.137. The number of anilines is 1. The highest BCUT2D eigenvalue weighted by Crippen LogP contribution is 2.32. The monoisotopic (exact) mass is 415 g/mol. The summed E-state index contributed by atoms with van der Waals surface area (Å²) in [6.45, 7) is 8.46. The highest BCUT2D eigenvalue weighted by atomic mass is 19.4. The first kappa shape index (κ1) is 21.6. The lowest BCUT2D eigenvalue weighted by Gasteiger charge is -2.18. The van der Waals surface area contributed by atoms with Crippen molar-refractivity contribution in [3.63, 3.8) is 0 Å². The van der Waals surface area contributed by atoms with Crippen molar-refractivity contribution in [1.82, 2.24) is 10.3 Å². The molecule has 1 heterocycles. The van der Waals surface area contributed by atoms with Crippen LogP contribution in [0.25, 0.3) is 10.9 Å². The van der Waals surface area contributed by atoms with Gasteiger partial charge < -0.3 is 10.6 Å². The van der Waals surface area contributed by atoms with Gasteiger partial charge in [0, 0.05) is 23.8 Å². The molecule has 1 atom stereocenters. The molecule has 0 unspecified atom stereocenters. The number of nitrogens with one attached hydrogen (secondary N) is 2. The number of hydrogen-bond acceptors (Lipinski definition) is 3. The maximum Gasteiger partial charge on any atom is 0.416 e. The van der Waals surface area contributed by atoms with Crippen molar-refractivity contribution < 1.29 is 18.0 Å². The van der Waals surface area contributed by atoms with Crippen LogP contribution in [0.5, 0.6) is 0 Å². The second-order valence-electron chi connectivity index (χ2n) is 7.33. The molecule has 0 spiro atoms. The van der Waals surface area contributed by atoms with E-state index in [4.69, 9.17) is 0 Å². The van der Waals surface area contributed by atoms with Gasteiger partial charge in [-0.15, -0.1) is 0 Å². The maximum absolute atomic E-state index is 12.9. The predicted octanol–water partition coefficient (Wildman–Crippen LogP) is 5.79. The Morgan fingerprint density at radius 3 is 2.50 bits per heavy atom. The van der Waals surface area contributed by atoms with Gasteiger partial charge in [0.05, 0.1) is 22.7 Å². The third-order valence-corrected chi connectivity index (χ3v) is 5.18. The maximum atomic E-state index is 12.9. The summed E-state index contributed by atoms with van der Waals surface area (Å²) in [6, 6.07) is 9.10. The van der Waals surface area contributed by atoms with Crippen molar-refractivity contribution in [2.75, 3.05) is 11.9 Å². The number of amides is 1. The Morgan fingerprint density at radius 1 is 1.13 bits per heavy atom. The number of benzene rings is 2. The van der Waals surface area contributed by atoms with Crippen LogP contribution in [0, 0.1) is 13.8 Å². The molecule has 158 valence electrons. The summed E-state index contributed by atoms with van der Waals surface area (Å²) in [6.07, 6.45) is -3.10. The normalized spacial score (nSPS) is 12.6. The van der Waals surface area contributed by atoms with Gasteiger partial charge in [0.15, 0.2) is 0 Å². The Kier molecular flexibility index (Phi) is 6.01. The molecular formula is C23H24F3N3O. The lowest BCUT2D eigenvalue weighted by atomic mass is 10.0. The fourth-order valence-electron chi connectivity index (χ4n) is 3.44. The highest BCUT2D eigenvalue weighted by molar-refractivity contribution is 6.00. The molecule has 2 N–H and O–H groups in total. The zero-order valence-corrected chi connectivity index (χ0v) is 17.3. The Balaban J connectivity index is 1.84. The molecule has 1 aromatic heterocycles. The number of alkyl halides is 3. The van der Waals surface area contributed by atoms with Gasteiger partial charge in [-0.3, -0.25) is 9.78 Å². The molecule has 2 aromatic carbocycles. The van der Waals surface area contributed by atoms with E-state index in [0.29, 0.717) is 16.5 Å². The van der Waals surface area contributed by atoms with Crippen molar-refractivity contribution >= 4 is 22.5 Å². The lowest BCUT2D eigenvalue weighted by Crippen LogP contribution is -2.27. The molecule has 0 radical (unpaired) electrons. The minimum Gasteiger partial charge on any atom is -0.385 e. The average molecular weight is 415 g/mol. The average Bonchev–Trinajstić information content (AvgIpc) is 2.68. The van der Waals surface area contributed by atoms with Crippen LogP contribution in [0.4, 0.5) is 18.9 Å². The molecule has 0 saturated carbocycles. The van der Waals surface area contributed by atoms with Crippen molar-refractivity contribution in [2.24, 2.45) is 0 Å². The largest absolute Gasteiger partial charge is 0.416 e. The topological polar surface area (TPSA) is 54.0 Å². The molecule has 0 aliphatic carbocycles. The second kappa shape index (κ2) is 8.34. The van der Waals surface area contributed by atoms with E-state index >= 15 is 0 Å². The van der Waals surface area contributed by atoms with Gasteiger partial charge in [0.2, 0.25) is 0 Å². The fourth-order valence-corrected chi connectivity index (χ4v) is 3.44. The number of nitrogens with zero attached hydrogens (tertiary/aromatic N) is 1. The zero-order chi connectivity index (χ0) is 22.1. The third kappa shape index (κ3) is 4.40. The first-order valence-electron chi connectivity index (χ1n) is 9.73. The summed E-state index contributed by atoms with van der Waals surface area (Å²) in [5.74, 6) is -0.317. The van der Waals surface area contributed by atoms with Crippen LogP contribution in [0.15, 0.2) is 42.6 Å². The quantitative estimate of drug-likeness (QED) is 0.554. The standard InChI is InChI=1S/C23H24F3N3O/c1-5-27-20-9-6-16(10-13(20)2)15(4)29-22(30)19-12-28-21-11-17(23(24,25)26)7-8-18(21)14(19)3/h6-12,15,27H,5H2,1-4H3,(H,29,30)/t15-/m1/s1. The third-order valence-electron chi connectivity index (χ3n) is 5.18. The smallest absolute Gasteiger partial charge is 0.385 e. The highest BCUT2D eigenvalue weighted by Gasteiger charge is 2.30. The number of aromatic nitrogens is 1. The van der Waals surface area contributed by atoms with Gasteiger partial charge >= 0.3 is 6.18 Å². The number of aryl methyl sites for hydroxylation is 2. The molecule has 0 fully saturated rings. The minimum absolute atomic E-state index is 0.210. The van der Waals surface area contributed by atoms with E-state index in [9.17, 15) is 18.0 Å². The minimum atomic E-state index is -4.43. The molecular weight excluding hydrogens is 391 g/mol. The van der Waals surface area contributed by atoms with Crippen LogP contribution in [-0.2, 0) is 6.18 Å². The number of pyridine rings is 1. The van der Waals surface area contributed by atoms with Crippen LogP contribution >= 0.6 is 0 Å². The summed E-state index contributed by atoms with van der Waals surface area (Å²) in [4.78, 5) is 16.9. The number of carbonyl (C=O) groups excluding carboxylic acids is 1. The summed E-state index contributed by atoms with van der Waals surface area (Å²) in [5.41, 5.74) is 3.48. The van der Waals surface area contributed by atoms with Gasteiger partial charge in [-0.05, 0) is 62.6 Å². The molecule has 0 aliphatic heterocycles. The van der Waals surface area contributed by atoms with Crippen LogP contribution in [-0.4, -0.2) is 17.4 Å². The SMILES string of the molecule is CCNc1ccc([C@@H](C)NC(=O)c2cnc3cc(C(F)(F)F)ccc3c2C)cc1C. The van der Waals surface area contributed by atoms with Gasteiger partial charge in [0.1, 0.15) is 0 Å². The molecule has 7 heteroatoms. The molecule has 1 amide bonds. The first-order valence-corrected chi connectivity index (χ1v) is 9.73. The number of carbonyl (C=O) groups is 1. The van der Waals surface area contributed by atoms with E-state index in [1.54, 1.807) is 6.92 Å². The van der Waals surface area contributed by atoms with Crippen molar-refractivity contribution in [3.05, 3.63) is 70.4 Å². The van der Waals surface area contributed by atoms with E-state index in [2.05, 4.69) is 15.6 Å². The predicted molar refractivity (Wildman–Crippen MR) is 113 cm³/mol. The molecule has 30 heavy (non-hydrogen) atoms. The Bertz CT molecular complexity index is 1090. The van der Waals surface area contributed by atoms with Crippen LogP contribution in [0.3, 0.4) is 0 Å². The molecule has 0 bridgehead atoms. The molecule has 4 nitrogen and oxygen atoms in total. The van der Waals surface area contributed by atoms with Gasteiger partial charge in [-0.2, -0.15) is 13.2 Å². The van der Waals surface area contributed by atoms with E-state index in [-0.39, 0.29) is 17.5 Å². The molecule has 0 saturated heterocycles. The Labute approximate surface area is 173 Å². The second-order valence-corrected chi connectivity index (χ2v) is 7.33. The number of hydrogen-bond donors (Lipinski definition) is 2. The summed E-state index contributed by atoms with van der Waals surface area (Å²) < 4.78 is 38.8. The summed E-state index contributed by atoms with van der Waals surface area (Å²) in [5, 5.41) is 6.76. The van der Waals surface area contributed by atoms with Crippen molar-refractivity contribution in [3.8, 4) is 0 Å². The number of halogens is 3. The van der Waals surface area contributed by atoms with Gasteiger partial charge in [0.25, 0.3) is 5.91 Å². The van der Waals surface area contributed by atoms with E-state index in [1.165, 1.54) is 12.3 Å². The van der Waals surface area contributed by atoms with Crippen molar-refractivity contribution in [1.29, 1.82) is 0 Å². The zero-order valence-electron chi connectivity index (χ0n) is 17.3. The van der Waals surface area contributed by atoms with Crippen LogP contribution in [0.2, 0.25) is 0 Å². The van der Waals surface area contributed by atoms with E-state index in [0.717, 1.165) is 35.5 Å². The van der Waals surface area contributed by atoms with E-state index < -0.39 is 11.7 Å². The summed E-state index contributed by atoms with van der Waals surface area (Å²) in [7, 11) is 0. The molecule has 3 aromatic rings.